The lowest BCUT2D eigenvalue weighted by Gasteiger charge is -2.21. The van der Waals surface area contributed by atoms with Gasteiger partial charge in [-0.25, -0.2) is 9.98 Å². The van der Waals surface area contributed by atoms with Crippen molar-refractivity contribution in [2.24, 2.45) is 4.99 Å². The molecule has 0 aliphatic carbocycles. The lowest BCUT2D eigenvalue weighted by atomic mass is 10.1. The SMILES string of the molecule is C=CCCCN(C)C(=NCc1coc(-c2ccc(C)cc2)n1)NCC. The van der Waals surface area contributed by atoms with E-state index in [2.05, 4.69) is 52.8 Å². The van der Waals surface area contributed by atoms with E-state index < -0.39 is 0 Å². The van der Waals surface area contributed by atoms with E-state index in [1.54, 1.807) is 6.26 Å². The second-order valence-electron chi connectivity index (χ2n) is 6.03. The highest BCUT2D eigenvalue weighted by atomic mass is 16.3. The van der Waals surface area contributed by atoms with E-state index in [0.717, 1.165) is 43.1 Å². The van der Waals surface area contributed by atoms with Crippen molar-refractivity contribution in [1.29, 1.82) is 0 Å². The van der Waals surface area contributed by atoms with Crippen LogP contribution in [0.4, 0.5) is 0 Å². The van der Waals surface area contributed by atoms with Crippen LogP contribution in [0.2, 0.25) is 0 Å². The summed E-state index contributed by atoms with van der Waals surface area (Å²) in [5.74, 6) is 1.51. The molecule has 1 aromatic carbocycles. The lowest BCUT2D eigenvalue weighted by Crippen LogP contribution is -2.39. The summed E-state index contributed by atoms with van der Waals surface area (Å²) >= 11 is 0. The Labute approximate surface area is 150 Å². The predicted octanol–water partition coefficient (Wildman–Crippen LogP) is 4.01. The number of guanidine groups is 1. The van der Waals surface area contributed by atoms with Gasteiger partial charge in [-0.3, -0.25) is 0 Å². The summed E-state index contributed by atoms with van der Waals surface area (Å²) in [6.45, 7) is 10.2. The van der Waals surface area contributed by atoms with Crippen molar-refractivity contribution in [1.82, 2.24) is 15.2 Å². The summed E-state index contributed by atoms with van der Waals surface area (Å²) in [6, 6.07) is 8.15. The number of benzene rings is 1. The van der Waals surface area contributed by atoms with Crippen molar-refractivity contribution in [3.8, 4) is 11.5 Å². The third-order valence-electron chi connectivity index (χ3n) is 3.84. The molecule has 1 aromatic heterocycles. The molecular formula is C20H28N4O. The zero-order chi connectivity index (χ0) is 18.1. The molecule has 2 aromatic rings. The van der Waals surface area contributed by atoms with Gasteiger partial charge in [-0.2, -0.15) is 0 Å². The Balaban J connectivity index is 2.02. The molecule has 0 aliphatic rings. The maximum atomic E-state index is 5.60. The zero-order valence-corrected chi connectivity index (χ0v) is 15.5. The van der Waals surface area contributed by atoms with Gasteiger partial charge in [0.1, 0.15) is 12.0 Å². The third kappa shape index (κ3) is 5.78. The summed E-state index contributed by atoms with van der Waals surface area (Å²) in [5, 5.41) is 3.32. The van der Waals surface area contributed by atoms with Crippen molar-refractivity contribution in [2.45, 2.75) is 33.2 Å². The number of unbranched alkanes of at least 4 members (excludes halogenated alkanes) is 1. The molecule has 25 heavy (non-hydrogen) atoms. The Hall–Kier alpha value is -2.56. The molecule has 0 spiro atoms. The third-order valence-corrected chi connectivity index (χ3v) is 3.84. The molecule has 0 saturated carbocycles. The Morgan fingerprint density at radius 3 is 2.80 bits per heavy atom. The van der Waals surface area contributed by atoms with Gasteiger partial charge in [0.15, 0.2) is 5.96 Å². The van der Waals surface area contributed by atoms with Gasteiger partial charge >= 0.3 is 0 Å². The largest absolute Gasteiger partial charge is 0.444 e. The van der Waals surface area contributed by atoms with Crippen LogP contribution in [-0.2, 0) is 6.54 Å². The molecule has 0 bridgehead atoms. The molecule has 0 aliphatic heterocycles. The molecule has 0 unspecified atom stereocenters. The van der Waals surface area contributed by atoms with E-state index in [9.17, 15) is 0 Å². The molecule has 0 atom stereocenters. The topological polar surface area (TPSA) is 53.7 Å². The molecule has 5 heteroatoms. The summed E-state index contributed by atoms with van der Waals surface area (Å²) in [6.07, 6.45) is 5.69. The standard InChI is InChI=1S/C20H28N4O/c1-5-7-8-13-24(4)20(21-6-2)22-14-18-15-25-19(23-18)17-11-9-16(3)10-12-17/h5,9-12,15H,1,6-8,13-14H2,2-4H3,(H,21,22). The average Bonchev–Trinajstić information content (AvgIpc) is 3.08. The first-order valence-corrected chi connectivity index (χ1v) is 8.75. The second-order valence-corrected chi connectivity index (χ2v) is 6.03. The Kier molecular flexibility index (Phi) is 7.26. The minimum Gasteiger partial charge on any atom is -0.444 e. The van der Waals surface area contributed by atoms with Crippen LogP contribution in [0, 0.1) is 6.92 Å². The van der Waals surface area contributed by atoms with Crippen molar-refractivity contribution >= 4 is 5.96 Å². The lowest BCUT2D eigenvalue weighted by molar-refractivity contribution is 0.470. The van der Waals surface area contributed by atoms with Gasteiger partial charge in [0, 0.05) is 25.7 Å². The molecule has 1 heterocycles. The number of oxazole rings is 1. The van der Waals surface area contributed by atoms with Crippen LogP contribution >= 0.6 is 0 Å². The first-order valence-electron chi connectivity index (χ1n) is 8.75. The van der Waals surface area contributed by atoms with Gasteiger partial charge in [0.05, 0.1) is 6.54 Å². The Bertz CT molecular complexity index is 688. The van der Waals surface area contributed by atoms with Gasteiger partial charge in [-0.15, -0.1) is 6.58 Å². The van der Waals surface area contributed by atoms with Crippen molar-refractivity contribution in [3.63, 3.8) is 0 Å². The molecule has 1 N–H and O–H groups in total. The number of allylic oxidation sites excluding steroid dienone is 1. The summed E-state index contributed by atoms with van der Waals surface area (Å²) in [5.41, 5.74) is 3.02. The highest BCUT2D eigenvalue weighted by Crippen LogP contribution is 2.19. The first kappa shape index (κ1) is 18.8. The zero-order valence-electron chi connectivity index (χ0n) is 15.5. The van der Waals surface area contributed by atoms with Gasteiger partial charge in [0.25, 0.3) is 0 Å². The Morgan fingerprint density at radius 2 is 2.12 bits per heavy atom. The van der Waals surface area contributed by atoms with Crippen LogP contribution in [0.25, 0.3) is 11.5 Å². The monoisotopic (exact) mass is 340 g/mol. The van der Waals surface area contributed by atoms with Crippen molar-refractivity contribution < 1.29 is 4.42 Å². The molecule has 5 nitrogen and oxygen atoms in total. The van der Waals surface area contributed by atoms with Gasteiger partial charge in [0.2, 0.25) is 5.89 Å². The normalized spacial score (nSPS) is 11.4. The maximum Gasteiger partial charge on any atom is 0.226 e. The number of aromatic nitrogens is 1. The quantitative estimate of drug-likeness (QED) is 0.341. The van der Waals surface area contributed by atoms with Crippen molar-refractivity contribution in [2.75, 3.05) is 20.1 Å². The Morgan fingerprint density at radius 1 is 1.36 bits per heavy atom. The first-order chi connectivity index (χ1) is 12.1. The van der Waals surface area contributed by atoms with Crippen LogP contribution < -0.4 is 5.32 Å². The highest BCUT2D eigenvalue weighted by Gasteiger charge is 2.08. The van der Waals surface area contributed by atoms with E-state index >= 15 is 0 Å². The fourth-order valence-corrected chi connectivity index (χ4v) is 2.41. The summed E-state index contributed by atoms with van der Waals surface area (Å²) < 4.78 is 5.60. The summed E-state index contributed by atoms with van der Waals surface area (Å²) in [4.78, 5) is 11.3. The number of aliphatic imine (C=N–C) groups is 1. The summed E-state index contributed by atoms with van der Waals surface area (Å²) in [7, 11) is 2.05. The fraction of sp³-hybridized carbons (Fsp3) is 0.400. The van der Waals surface area contributed by atoms with E-state index in [1.807, 2.05) is 25.3 Å². The van der Waals surface area contributed by atoms with E-state index in [4.69, 9.17) is 4.42 Å². The fourth-order valence-electron chi connectivity index (χ4n) is 2.41. The average molecular weight is 340 g/mol. The number of nitrogens with zero attached hydrogens (tertiary/aromatic N) is 3. The van der Waals surface area contributed by atoms with Crippen LogP contribution in [0.15, 0.2) is 52.6 Å². The molecule has 2 rings (SSSR count). The number of rotatable bonds is 8. The number of hydrogen-bond donors (Lipinski definition) is 1. The smallest absolute Gasteiger partial charge is 0.226 e. The van der Waals surface area contributed by atoms with E-state index in [1.165, 1.54) is 5.56 Å². The van der Waals surface area contributed by atoms with Crippen LogP contribution in [0.5, 0.6) is 0 Å². The molecule has 134 valence electrons. The molecule has 0 amide bonds. The highest BCUT2D eigenvalue weighted by molar-refractivity contribution is 5.79. The minimum atomic E-state index is 0.490. The van der Waals surface area contributed by atoms with Crippen LogP contribution in [-0.4, -0.2) is 36.0 Å². The second kappa shape index (κ2) is 9.67. The van der Waals surface area contributed by atoms with E-state index in [-0.39, 0.29) is 0 Å². The molecule has 0 fully saturated rings. The van der Waals surface area contributed by atoms with Gasteiger partial charge in [-0.05, 0) is 38.8 Å². The molecular weight excluding hydrogens is 312 g/mol. The van der Waals surface area contributed by atoms with Gasteiger partial charge in [-0.1, -0.05) is 23.8 Å². The van der Waals surface area contributed by atoms with Crippen LogP contribution in [0.1, 0.15) is 31.0 Å². The van der Waals surface area contributed by atoms with Crippen molar-refractivity contribution in [3.05, 3.63) is 54.4 Å². The van der Waals surface area contributed by atoms with Gasteiger partial charge < -0.3 is 14.6 Å². The molecule has 0 radical (unpaired) electrons. The number of hydrogen-bond acceptors (Lipinski definition) is 3. The number of nitrogens with one attached hydrogen (secondary N) is 1. The van der Waals surface area contributed by atoms with E-state index in [0.29, 0.717) is 12.4 Å². The minimum absolute atomic E-state index is 0.490. The van der Waals surface area contributed by atoms with Crippen LogP contribution in [0.3, 0.4) is 0 Å². The maximum absolute atomic E-state index is 5.60. The molecule has 0 saturated heterocycles. The predicted molar refractivity (Wildman–Crippen MR) is 104 cm³/mol. The number of aryl methyl sites for hydroxylation is 1.